The summed E-state index contributed by atoms with van der Waals surface area (Å²) < 4.78 is 0. The van der Waals surface area contributed by atoms with Crippen LogP contribution in [0.4, 0.5) is 0 Å². The maximum Gasteiger partial charge on any atom is 0.221 e. The minimum absolute atomic E-state index is 0.158. The molecular formula is C7H13N3OS. The van der Waals surface area contributed by atoms with Crippen LogP contribution in [0.15, 0.2) is 11.4 Å². The smallest absolute Gasteiger partial charge is 0.221 e. The topological polar surface area (TPSA) is 67.2 Å². The molecule has 0 radical (unpaired) electrons. The van der Waals surface area contributed by atoms with E-state index in [-0.39, 0.29) is 5.91 Å². The summed E-state index contributed by atoms with van der Waals surface area (Å²) in [5, 5.41) is 5.26. The Labute approximate surface area is 77.2 Å². The molecule has 4 nitrogen and oxygen atoms in total. The molecule has 0 saturated heterocycles. The maximum atomic E-state index is 10.6. The third kappa shape index (κ3) is 3.34. The number of nitrogens with one attached hydrogen (secondary N) is 2. The lowest BCUT2D eigenvalue weighted by molar-refractivity contribution is -0.118. The van der Waals surface area contributed by atoms with Crippen LogP contribution in [0.2, 0.25) is 0 Å². The van der Waals surface area contributed by atoms with Gasteiger partial charge >= 0.3 is 0 Å². The summed E-state index contributed by atoms with van der Waals surface area (Å²) in [4.78, 5) is 11.0. The van der Waals surface area contributed by atoms with Gasteiger partial charge in [0.25, 0.3) is 0 Å². The van der Waals surface area contributed by atoms with E-state index < -0.39 is 0 Å². The van der Waals surface area contributed by atoms with E-state index in [4.69, 9.17) is 18.0 Å². The summed E-state index contributed by atoms with van der Waals surface area (Å²) in [5.74, 6) is -0.158. The van der Waals surface area contributed by atoms with Crippen LogP contribution in [0.25, 0.3) is 0 Å². The average Bonchev–Trinajstić information content (AvgIpc) is 2.00. The first-order chi connectivity index (χ1) is 5.49. The lowest BCUT2D eigenvalue weighted by Crippen LogP contribution is -2.29. The van der Waals surface area contributed by atoms with Crippen LogP contribution < -0.4 is 16.4 Å². The Balaban J connectivity index is 4.46. The molecule has 68 valence electrons. The van der Waals surface area contributed by atoms with Crippen molar-refractivity contribution in [3.05, 3.63) is 11.4 Å². The van der Waals surface area contributed by atoms with Gasteiger partial charge in [0.15, 0.2) is 0 Å². The zero-order valence-electron chi connectivity index (χ0n) is 7.39. The number of rotatable bonds is 2. The third-order valence-electron chi connectivity index (χ3n) is 1.24. The van der Waals surface area contributed by atoms with Gasteiger partial charge in [0.05, 0.1) is 5.70 Å². The Bertz CT molecular complexity index is 235. The molecule has 0 spiro atoms. The highest BCUT2D eigenvalue weighted by atomic mass is 32.1. The highest BCUT2D eigenvalue weighted by Crippen LogP contribution is 1.94. The van der Waals surface area contributed by atoms with Crippen molar-refractivity contribution in [3.8, 4) is 0 Å². The summed E-state index contributed by atoms with van der Waals surface area (Å²) in [5.41, 5.74) is 6.54. The predicted octanol–water partition coefficient (Wildman–Crippen LogP) is -0.141. The van der Waals surface area contributed by atoms with Crippen molar-refractivity contribution in [2.24, 2.45) is 5.73 Å². The molecule has 0 aromatic rings. The first kappa shape index (κ1) is 10.9. The fourth-order valence-electron chi connectivity index (χ4n) is 0.636. The molecule has 0 unspecified atom stereocenters. The molecule has 0 aliphatic rings. The Morgan fingerprint density at radius 2 is 1.92 bits per heavy atom. The van der Waals surface area contributed by atoms with Crippen LogP contribution >= 0.6 is 12.2 Å². The molecule has 0 aromatic heterocycles. The second kappa shape index (κ2) is 4.71. The van der Waals surface area contributed by atoms with Crippen LogP contribution in [-0.2, 0) is 4.79 Å². The van der Waals surface area contributed by atoms with Gasteiger partial charge in [0.2, 0.25) is 5.91 Å². The van der Waals surface area contributed by atoms with Crippen molar-refractivity contribution >= 4 is 23.1 Å². The molecule has 0 saturated carbocycles. The number of thiocarbonyl (C=S) groups is 1. The van der Waals surface area contributed by atoms with E-state index in [1.807, 2.05) is 0 Å². The first-order valence-electron chi connectivity index (χ1n) is 3.45. The molecule has 0 bridgehead atoms. The van der Waals surface area contributed by atoms with E-state index >= 15 is 0 Å². The Morgan fingerprint density at radius 1 is 1.42 bits per heavy atom. The zero-order chi connectivity index (χ0) is 9.72. The molecule has 4 N–H and O–H groups in total. The van der Waals surface area contributed by atoms with Crippen LogP contribution in [0.1, 0.15) is 13.8 Å². The lowest BCUT2D eigenvalue weighted by atomic mass is 10.3. The van der Waals surface area contributed by atoms with Crippen LogP contribution in [-0.4, -0.2) is 17.9 Å². The molecular weight excluding hydrogens is 174 g/mol. The third-order valence-corrected chi connectivity index (χ3v) is 1.66. The van der Waals surface area contributed by atoms with Crippen molar-refractivity contribution < 1.29 is 4.79 Å². The summed E-state index contributed by atoms with van der Waals surface area (Å²) in [6.07, 6.45) is 0. The van der Waals surface area contributed by atoms with Gasteiger partial charge in [-0.3, -0.25) is 4.79 Å². The fraction of sp³-hybridized carbons (Fsp3) is 0.429. The number of hydrogen-bond donors (Lipinski definition) is 3. The van der Waals surface area contributed by atoms with Crippen molar-refractivity contribution in [2.45, 2.75) is 13.8 Å². The number of carbonyl (C=O) groups is 1. The summed E-state index contributed by atoms with van der Waals surface area (Å²) in [6, 6.07) is 0. The SMILES string of the molecule is CNC(=S)/C(N)=C(/C)NC(C)=O. The van der Waals surface area contributed by atoms with Crippen LogP contribution in [0, 0.1) is 0 Å². The Kier molecular flexibility index (Phi) is 4.28. The van der Waals surface area contributed by atoms with Crippen LogP contribution in [0.5, 0.6) is 0 Å². The second-order valence-corrected chi connectivity index (χ2v) is 2.71. The van der Waals surface area contributed by atoms with Gasteiger partial charge in [0, 0.05) is 19.7 Å². The molecule has 0 atom stereocenters. The molecule has 5 heteroatoms. The molecule has 1 amide bonds. The van der Waals surface area contributed by atoms with E-state index in [9.17, 15) is 4.79 Å². The molecule has 0 aliphatic heterocycles. The number of nitrogens with two attached hydrogens (primary N) is 1. The lowest BCUT2D eigenvalue weighted by Gasteiger charge is -2.08. The average molecular weight is 187 g/mol. The van der Waals surface area contributed by atoms with E-state index in [0.717, 1.165) is 0 Å². The highest BCUT2D eigenvalue weighted by molar-refractivity contribution is 7.80. The first-order valence-corrected chi connectivity index (χ1v) is 3.86. The van der Waals surface area contributed by atoms with Crippen molar-refractivity contribution in [1.29, 1.82) is 0 Å². The molecule has 0 aromatic carbocycles. The van der Waals surface area contributed by atoms with Gasteiger partial charge in [-0.1, -0.05) is 12.2 Å². The Morgan fingerprint density at radius 3 is 2.25 bits per heavy atom. The molecule has 0 aliphatic carbocycles. The number of allylic oxidation sites excluding steroid dienone is 1. The molecule has 0 heterocycles. The quantitative estimate of drug-likeness (QED) is 0.416. The van der Waals surface area contributed by atoms with Gasteiger partial charge in [-0.05, 0) is 6.92 Å². The summed E-state index contributed by atoms with van der Waals surface area (Å²) in [6.45, 7) is 3.11. The Hall–Kier alpha value is -1.10. The van der Waals surface area contributed by atoms with Gasteiger partial charge < -0.3 is 16.4 Å². The second-order valence-electron chi connectivity index (χ2n) is 2.30. The minimum Gasteiger partial charge on any atom is -0.395 e. The van der Waals surface area contributed by atoms with E-state index in [2.05, 4.69) is 10.6 Å². The number of likely N-dealkylation sites (N-methyl/N-ethyl adjacent to an activating group) is 1. The van der Waals surface area contributed by atoms with Gasteiger partial charge in [-0.15, -0.1) is 0 Å². The number of hydrogen-bond acceptors (Lipinski definition) is 3. The largest absolute Gasteiger partial charge is 0.395 e. The summed E-state index contributed by atoms with van der Waals surface area (Å²) in [7, 11) is 1.68. The monoisotopic (exact) mass is 187 g/mol. The van der Waals surface area contributed by atoms with Gasteiger partial charge in [0.1, 0.15) is 4.99 Å². The summed E-state index contributed by atoms with van der Waals surface area (Å²) >= 11 is 4.86. The van der Waals surface area contributed by atoms with Crippen molar-refractivity contribution in [3.63, 3.8) is 0 Å². The highest BCUT2D eigenvalue weighted by Gasteiger charge is 2.03. The molecule has 0 rings (SSSR count). The van der Waals surface area contributed by atoms with E-state index in [1.54, 1.807) is 14.0 Å². The van der Waals surface area contributed by atoms with Gasteiger partial charge in [-0.25, -0.2) is 0 Å². The standard InChI is InChI=1S/C7H13N3OS/c1-4(10-5(2)11)6(8)7(12)9-3/h8H2,1-3H3,(H,9,12)(H,10,11)/b6-4+. The molecule has 0 fully saturated rings. The van der Waals surface area contributed by atoms with Crippen molar-refractivity contribution in [1.82, 2.24) is 10.6 Å². The van der Waals surface area contributed by atoms with Crippen molar-refractivity contribution in [2.75, 3.05) is 7.05 Å². The number of amides is 1. The van der Waals surface area contributed by atoms with Gasteiger partial charge in [-0.2, -0.15) is 0 Å². The minimum atomic E-state index is -0.158. The van der Waals surface area contributed by atoms with Crippen LogP contribution in [0.3, 0.4) is 0 Å². The fourth-order valence-corrected chi connectivity index (χ4v) is 0.789. The maximum absolute atomic E-state index is 10.6. The van der Waals surface area contributed by atoms with E-state index in [1.165, 1.54) is 6.92 Å². The number of carbonyl (C=O) groups excluding carboxylic acids is 1. The van der Waals surface area contributed by atoms with E-state index in [0.29, 0.717) is 16.4 Å². The molecule has 12 heavy (non-hydrogen) atoms. The predicted molar refractivity (Wildman–Crippen MR) is 52.4 cm³/mol. The normalized spacial score (nSPS) is 11.6. The zero-order valence-corrected chi connectivity index (χ0v) is 8.21.